The number of H-pyrrole nitrogens is 1. The minimum absolute atomic E-state index is 0.0578. The highest BCUT2D eigenvalue weighted by Crippen LogP contribution is 2.24. The van der Waals surface area contributed by atoms with Crippen LogP contribution >= 0.6 is 0 Å². The van der Waals surface area contributed by atoms with Crippen LogP contribution in [0.25, 0.3) is 15.8 Å². The van der Waals surface area contributed by atoms with E-state index in [1.165, 1.54) is 12.1 Å². The van der Waals surface area contributed by atoms with Crippen LogP contribution < -0.4 is 10.0 Å². The fraction of sp³-hybridized carbons (Fsp3) is 0.100. The Morgan fingerprint density at radius 2 is 1.83 bits per heavy atom. The highest BCUT2D eigenvalue weighted by molar-refractivity contribution is 7.99. The van der Waals surface area contributed by atoms with Gasteiger partial charge >= 0.3 is 0 Å². The number of aromatic nitrogens is 1. The van der Waals surface area contributed by atoms with E-state index in [0.717, 1.165) is 11.6 Å². The Labute approximate surface area is 165 Å². The lowest BCUT2D eigenvalue weighted by molar-refractivity contribution is -0.114. The number of nitrogens with one attached hydrogen (secondary N) is 3. The van der Waals surface area contributed by atoms with E-state index >= 15 is 0 Å². The number of carbonyl (C=O) groups is 2. The molecule has 0 fully saturated rings. The number of hydrogen-bond donors (Lipinski definition) is 3. The number of benzene rings is 2. The van der Waals surface area contributed by atoms with E-state index in [1.54, 1.807) is 36.4 Å². The molecule has 0 saturated carbocycles. The maximum absolute atomic E-state index is 13.3. The Balaban J connectivity index is 1.37. The summed E-state index contributed by atoms with van der Waals surface area (Å²) in [5.74, 6) is -1.33. The van der Waals surface area contributed by atoms with Gasteiger partial charge in [-0.05, 0) is 41.8 Å². The zero-order valence-electron chi connectivity index (χ0n) is 15.0. The molecule has 0 radical (unpaired) electrons. The Morgan fingerprint density at radius 1 is 1.07 bits per heavy atom. The van der Waals surface area contributed by atoms with Gasteiger partial charge < -0.3 is 10.3 Å². The molecule has 9 heteroatoms. The van der Waals surface area contributed by atoms with E-state index < -0.39 is 15.9 Å². The molecule has 1 aliphatic heterocycles. The van der Waals surface area contributed by atoms with Gasteiger partial charge in [0.25, 0.3) is 21.8 Å². The fourth-order valence-electron chi connectivity index (χ4n) is 3.13. The van der Waals surface area contributed by atoms with Gasteiger partial charge in [0.05, 0.1) is 0 Å². The smallest absolute Gasteiger partial charge is 0.267 e. The largest absolute Gasteiger partial charge is 0.351 e. The number of rotatable bonds is 5. The number of halogens is 1. The first kappa shape index (κ1) is 18.9. The lowest BCUT2D eigenvalue weighted by atomic mass is 10.1. The van der Waals surface area contributed by atoms with Crippen molar-refractivity contribution in [1.82, 2.24) is 15.0 Å². The van der Waals surface area contributed by atoms with E-state index in [0.29, 0.717) is 35.1 Å². The molecule has 2 heterocycles. The predicted molar refractivity (Wildman–Crippen MR) is 106 cm³/mol. The second-order valence-corrected chi connectivity index (χ2v) is 8.25. The maximum Gasteiger partial charge on any atom is 0.267 e. The fourth-order valence-corrected chi connectivity index (χ4v) is 4.27. The Hall–Kier alpha value is -3.46. The monoisotopic (exact) mass is 413 g/mol. The molecule has 0 saturated heterocycles. The van der Waals surface area contributed by atoms with Gasteiger partial charge in [0.1, 0.15) is 16.4 Å². The standard InChI is InChI=1S/C20H16FN3O4S/c21-15-5-6-16-14(9-15)10-17(23-16)20(26)22-8-7-12-1-3-13(4-2-12)18-11-19(25)24-29(18,27)28/h1-6,9-11,23H,7-8H2,(H,22,26)(H,24,25). The van der Waals surface area contributed by atoms with Crippen molar-refractivity contribution in [3.05, 3.63) is 77.2 Å². The van der Waals surface area contributed by atoms with Crippen LogP contribution in [0.3, 0.4) is 0 Å². The van der Waals surface area contributed by atoms with Gasteiger partial charge in [-0.2, -0.15) is 0 Å². The molecule has 0 bridgehead atoms. The number of hydrogen-bond acceptors (Lipinski definition) is 4. The maximum atomic E-state index is 13.3. The molecular formula is C20H16FN3O4S. The summed E-state index contributed by atoms with van der Waals surface area (Å²) in [6.45, 7) is 0.364. The van der Waals surface area contributed by atoms with Crippen LogP contribution in [0.5, 0.6) is 0 Å². The van der Waals surface area contributed by atoms with Crippen LogP contribution in [0.1, 0.15) is 21.6 Å². The molecule has 4 rings (SSSR count). The molecule has 2 amide bonds. The summed E-state index contributed by atoms with van der Waals surface area (Å²) in [5.41, 5.74) is 2.33. The minimum Gasteiger partial charge on any atom is -0.351 e. The summed E-state index contributed by atoms with van der Waals surface area (Å²) in [4.78, 5) is 26.4. The molecular weight excluding hydrogens is 397 g/mol. The molecule has 0 spiro atoms. The summed E-state index contributed by atoms with van der Waals surface area (Å²) in [6.07, 6.45) is 1.58. The first-order valence-electron chi connectivity index (χ1n) is 8.76. The van der Waals surface area contributed by atoms with Crippen LogP contribution in [0, 0.1) is 5.82 Å². The average Bonchev–Trinajstić information content (AvgIpc) is 3.21. The second-order valence-electron chi connectivity index (χ2n) is 6.60. The minimum atomic E-state index is -3.80. The molecule has 0 atom stereocenters. The average molecular weight is 413 g/mol. The second kappa shape index (κ2) is 7.17. The van der Waals surface area contributed by atoms with E-state index in [2.05, 4.69) is 10.3 Å². The third-order valence-electron chi connectivity index (χ3n) is 4.55. The number of fused-ring (bicyclic) bond motifs is 1. The first-order chi connectivity index (χ1) is 13.8. The van der Waals surface area contributed by atoms with Crippen molar-refractivity contribution >= 4 is 37.6 Å². The normalized spacial score (nSPS) is 15.2. The van der Waals surface area contributed by atoms with E-state index in [4.69, 9.17) is 0 Å². The van der Waals surface area contributed by atoms with Crippen LogP contribution in [-0.4, -0.2) is 31.8 Å². The molecule has 148 valence electrons. The first-order valence-corrected chi connectivity index (χ1v) is 10.2. The summed E-state index contributed by atoms with van der Waals surface area (Å²) >= 11 is 0. The summed E-state index contributed by atoms with van der Waals surface area (Å²) < 4.78 is 38.9. The van der Waals surface area contributed by atoms with Gasteiger partial charge in [-0.15, -0.1) is 0 Å². The third-order valence-corrected chi connectivity index (χ3v) is 5.95. The SMILES string of the molecule is O=C1C=C(c2ccc(CCNC(=O)c3cc4cc(F)ccc4[nH]3)cc2)S(=O)(=O)N1. The van der Waals surface area contributed by atoms with Gasteiger partial charge in [0.2, 0.25) is 0 Å². The van der Waals surface area contributed by atoms with Crippen molar-refractivity contribution < 1.29 is 22.4 Å². The number of carbonyl (C=O) groups excluding carboxylic acids is 2. The summed E-state index contributed by atoms with van der Waals surface area (Å²) in [7, 11) is -3.80. The highest BCUT2D eigenvalue weighted by atomic mass is 32.2. The van der Waals surface area contributed by atoms with E-state index in [1.807, 2.05) is 4.72 Å². The highest BCUT2D eigenvalue weighted by Gasteiger charge is 2.28. The van der Waals surface area contributed by atoms with Gasteiger partial charge in [-0.3, -0.25) is 9.59 Å². The molecule has 2 aromatic carbocycles. The van der Waals surface area contributed by atoms with Gasteiger partial charge in [0, 0.05) is 23.5 Å². The zero-order valence-corrected chi connectivity index (χ0v) is 15.8. The third kappa shape index (κ3) is 3.90. The van der Waals surface area contributed by atoms with E-state index in [9.17, 15) is 22.4 Å². The van der Waals surface area contributed by atoms with Crippen molar-refractivity contribution in [3.8, 4) is 0 Å². The Morgan fingerprint density at radius 3 is 2.52 bits per heavy atom. The summed E-state index contributed by atoms with van der Waals surface area (Å²) in [5, 5.41) is 3.41. The number of aromatic amines is 1. The van der Waals surface area contributed by atoms with E-state index in [-0.39, 0.29) is 16.6 Å². The van der Waals surface area contributed by atoms with Crippen molar-refractivity contribution in [3.63, 3.8) is 0 Å². The van der Waals surface area contributed by atoms with Crippen LogP contribution in [0.4, 0.5) is 4.39 Å². The summed E-state index contributed by atoms with van der Waals surface area (Å²) in [6, 6.07) is 12.6. The molecule has 1 aliphatic rings. The van der Waals surface area contributed by atoms with Crippen molar-refractivity contribution in [2.24, 2.45) is 0 Å². The quantitative estimate of drug-likeness (QED) is 0.595. The molecule has 3 aromatic rings. The topological polar surface area (TPSA) is 108 Å². The molecule has 1 aromatic heterocycles. The number of amides is 2. The molecule has 7 nitrogen and oxygen atoms in total. The molecule has 3 N–H and O–H groups in total. The van der Waals surface area contributed by atoms with Crippen LogP contribution in [-0.2, 0) is 21.2 Å². The van der Waals surface area contributed by atoms with Crippen molar-refractivity contribution in [2.45, 2.75) is 6.42 Å². The van der Waals surface area contributed by atoms with Crippen LogP contribution in [0.2, 0.25) is 0 Å². The molecule has 0 unspecified atom stereocenters. The van der Waals surface area contributed by atoms with Gasteiger partial charge in [0.15, 0.2) is 0 Å². The van der Waals surface area contributed by atoms with Gasteiger partial charge in [-0.1, -0.05) is 24.3 Å². The molecule has 0 aliphatic carbocycles. The Kier molecular flexibility index (Phi) is 4.67. The lowest BCUT2D eigenvalue weighted by Gasteiger charge is -2.06. The number of sulfonamides is 1. The van der Waals surface area contributed by atoms with Crippen LogP contribution in [0.15, 0.2) is 54.6 Å². The molecule has 29 heavy (non-hydrogen) atoms. The zero-order chi connectivity index (χ0) is 20.6. The lowest BCUT2D eigenvalue weighted by Crippen LogP contribution is -2.25. The van der Waals surface area contributed by atoms with Crippen molar-refractivity contribution in [1.29, 1.82) is 0 Å². The Bertz CT molecular complexity index is 1260. The van der Waals surface area contributed by atoms with Gasteiger partial charge in [-0.25, -0.2) is 17.5 Å². The van der Waals surface area contributed by atoms with Crippen molar-refractivity contribution in [2.75, 3.05) is 6.54 Å². The predicted octanol–water partition coefficient (Wildman–Crippen LogP) is 2.08.